The van der Waals surface area contributed by atoms with Gasteiger partial charge in [-0.15, -0.1) is 0 Å². The average Bonchev–Trinajstić information content (AvgIpc) is 1.81. The molecule has 0 rings (SSSR count). The number of carboxylic acids is 1. The molecule has 0 aromatic carbocycles. The molecule has 72 valence electrons. The number of carboxylic acid groups (broad SMARTS) is 1. The van der Waals surface area contributed by atoms with Crippen molar-refractivity contribution in [3.8, 4) is 0 Å². The van der Waals surface area contributed by atoms with Gasteiger partial charge in [0, 0.05) is 17.4 Å². The first-order valence-electron chi connectivity index (χ1n) is 3.03. The monoisotopic (exact) mass is 232 g/mol. The summed E-state index contributed by atoms with van der Waals surface area (Å²) in [5.41, 5.74) is 0. The Kier molecular flexibility index (Phi) is 7.74. The summed E-state index contributed by atoms with van der Waals surface area (Å²) < 4.78 is 22.0. The molecular weight excluding hydrogens is 222 g/mol. The standard InChI is InChI=1S/C5H10NO4S.Cr/c1-3(2)4(5(7)8)6-11(9)10;/h3-4H,1-2H3,(H,7,8)(H,6,9,10);/q-1;. The molecule has 5 nitrogen and oxygen atoms in total. The molecule has 0 amide bonds. The fourth-order valence-corrected chi connectivity index (χ4v) is 1.16. The van der Waals surface area contributed by atoms with E-state index in [0.29, 0.717) is 0 Å². The Morgan fingerprint density at radius 2 is 1.83 bits per heavy atom. The summed E-state index contributed by atoms with van der Waals surface area (Å²) in [6, 6.07) is -1.03. The largest absolute Gasteiger partial charge is 0.480 e. The summed E-state index contributed by atoms with van der Waals surface area (Å²) in [7, 11) is -2.52. The van der Waals surface area contributed by atoms with Gasteiger partial charge in [-0.25, -0.2) is 0 Å². The summed E-state index contributed by atoms with van der Waals surface area (Å²) in [6.07, 6.45) is 0. The van der Waals surface area contributed by atoms with Gasteiger partial charge in [0.2, 0.25) is 0 Å². The molecule has 0 saturated carbocycles. The fourth-order valence-electron chi connectivity index (χ4n) is 0.575. The minimum Gasteiger partial charge on any atom is -0.480 e. The fraction of sp³-hybridized carbons (Fsp3) is 0.800. The zero-order valence-electron chi connectivity index (χ0n) is 6.64. The number of hydrogen-bond donors (Lipinski definition) is 2. The summed E-state index contributed by atoms with van der Waals surface area (Å²) >= 11 is 0. The number of rotatable bonds is 4. The second-order valence-corrected chi connectivity index (χ2v) is 3.12. The SMILES string of the molecule is CC(C)C(N[S-](=O)=O)C(=O)O.[Cr]. The number of carbonyl (C=O) groups is 1. The molecule has 0 aromatic rings. The maximum absolute atomic E-state index is 10.3. The molecule has 1 unspecified atom stereocenters. The van der Waals surface area contributed by atoms with Crippen molar-refractivity contribution < 1.29 is 35.7 Å². The Hall–Kier alpha value is -0.0875. The molecule has 0 heterocycles. The van der Waals surface area contributed by atoms with Crippen molar-refractivity contribution in [2.75, 3.05) is 0 Å². The third-order valence-corrected chi connectivity index (χ3v) is 1.60. The Labute approximate surface area is 83.4 Å². The van der Waals surface area contributed by atoms with Gasteiger partial charge < -0.3 is 18.2 Å². The van der Waals surface area contributed by atoms with Crippen molar-refractivity contribution in [3.63, 3.8) is 0 Å². The predicted molar refractivity (Wildman–Crippen MR) is 38.1 cm³/mol. The van der Waals surface area contributed by atoms with E-state index in [2.05, 4.69) is 0 Å². The summed E-state index contributed by atoms with van der Waals surface area (Å²) in [4.78, 5) is 10.3. The average molecular weight is 232 g/mol. The van der Waals surface area contributed by atoms with Crippen LogP contribution in [-0.4, -0.2) is 17.1 Å². The molecular formula is C5H10CrNO4S-. The van der Waals surface area contributed by atoms with Crippen LogP contribution in [0.25, 0.3) is 0 Å². The van der Waals surface area contributed by atoms with E-state index in [4.69, 9.17) is 5.11 Å². The van der Waals surface area contributed by atoms with Gasteiger partial charge in [0.1, 0.15) is 0 Å². The minimum absolute atomic E-state index is 0. The minimum atomic E-state index is -2.52. The molecule has 12 heavy (non-hydrogen) atoms. The molecule has 0 bridgehead atoms. The van der Waals surface area contributed by atoms with Crippen LogP contribution in [0.3, 0.4) is 0 Å². The van der Waals surface area contributed by atoms with E-state index in [0.717, 1.165) is 0 Å². The molecule has 0 radical (unpaired) electrons. The molecule has 2 N–H and O–H groups in total. The van der Waals surface area contributed by atoms with Crippen LogP contribution in [0, 0.1) is 5.92 Å². The van der Waals surface area contributed by atoms with Gasteiger partial charge in [-0.1, -0.05) is 13.8 Å². The quantitative estimate of drug-likeness (QED) is 0.663. The van der Waals surface area contributed by atoms with Gasteiger partial charge in [0.05, 0.1) is 6.04 Å². The Bertz CT molecular complexity index is 207. The van der Waals surface area contributed by atoms with Crippen LogP contribution in [-0.2, 0) is 41.5 Å². The molecule has 7 heteroatoms. The third-order valence-electron chi connectivity index (χ3n) is 1.16. The molecule has 0 saturated heterocycles. The maximum atomic E-state index is 10.3. The van der Waals surface area contributed by atoms with Crippen LogP contribution >= 0.6 is 0 Å². The van der Waals surface area contributed by atoms with Gasteiger partial charge in [-0.3, -0.25) is 4.79 Å². The van der Waals surface area contributed by atoms with E-state index in [9.17, 15) is 13.2 Å². The molecule has 1 atom stereocenters. The smallest absolute Gasteiger partial charge is 0.319 e. The first-order chi connectivity index (χ1) is 4.95. The van der Waals surface area contributed by atoms with Crippen molar-refractivity contribution in [2.24, 2.45) is 5.92 Å². The van der Waals surface area contributed by atoms with Crippen molar-refractivity contribution in [2.45, 2.75) is 19.9 Å². The topological polar surface area (TPSA) is 83.5 Å². The van der Waals surface area contributed by atoms with E-state index in [1.807, 2.05) is 4.72 Å². The summed E-state index contributed by atoms with van der Waals surface area (Å²) in [5, 5.41) is 8.46. The van der Waals surface area contributed by atoms with E-state index in [1.165, 1.54) is 0 Å². The predicted octanol–water partition coefficient (Wildman–Crippen LogP) is -0.0930. The van der Waals surface area contributed by atoms with Crippen molar-refractivity contribution in [3.05, 3.63) is 0 Å². The maximum Gasteiger partial charge on any atom is 0.319 e. The molecule has 0 aromatic heterocycles. The van der Waals surface area contributed by atoms with Crippen molar-refractivity contribution >= 4 is 16.9 Å². The van der Waals surface area contributed by atoms with Crippen LogP contribution < -0.4 is 4.72 Å². The third kappa shape index (κ3) is 5.55. The van der Waals surface area contributed by atoms with E-state index < -0.39 is 22.9 Å². The molecule has 0 aliphatic carbocycles. The first kappa shape index (κ1) is 14.4. The second kappa shape index (κ2) is 6.43. The van der Waals surface area contributed by atoms with Crippen LogP contribution in [0.5, 0.6) is 0 Å². The number of aliphatic carboxylic acids is 1. The van der Waals surface area contributed by atoms with Crippen LogP contribution in [0.1, 0.15) is 13.8 Å². The molecule has 0 aliphatic heterocycles. The molecule has 0 aliphatic rings. The second-order valence-electron chi connectivity index (χ2n) is 2.41. The Balaban J connectivity index is 0. The van der Waals surface area contributed by atoms with E-state index in [1.54, 1.807) is 13.8 Å². The number of hydrogen-bond acceptors (Lipinski definition) is 4. The Morgan fingerprint density at radius 3 is 1.92 bits per heavy atom. The molecule has 0 fully saturated rings. The number of nitrogens with one attached hydrogen (secondary N) is 1. The molecule has 0 spiro atoms. The van der Waals surface area contributed by atoms with Crippen LogP contribution in [0.15, 0.2) is 0 Å². The van der Waals surface area contributed by atoms with Crippen LogP contribution in [0.2, 0.25) is 0 Å². The van der Waals surface area contributed by atoms with E-state index >= 15 is 0 Å². The van der Waals surface area contributed by atoms with Crippen molar-refractivity contribution in [1.82, 2.24) is 4.72 Å². The Morgan fingerprint density at radius 1 is 1.42 bits per heavy atom. The zero-order chi connectivity index (χ0) is 9.02. The zero-order valence-corrected chi connectivity index (χ0v) is 8.73. The summed E-state index contributed by atoms with van der Waals surface area (Å²) in [6.45, 7) is 3.25. The van der Waals surface area contributed by atoms with Gasteiger partial charge in [0.25, 0.3) is 0 Å². The van der Waals surface area contributed by atoms with Gasteiger partial charge in [-0.2, -0.15) is 0 Å². The summed E-state index contributed by atoms with van der Waals surface area (Å²) in [5.74, 6) is -1.42. The van der Waals surface area contributed by atoms with Gasteiger partial charge in [-0.05, 0) is 16.8 Å². The first-order valence-corrected chi connectivity index (χ1v) is 4.11. The van der Waals surface area contributed by atoms with Crippen LogP contribution in [0.4, 0.5) is 0 Å². The van der Waals surface area contributed by atoms with Gasteiger partial charge >= 0.3 is 5.97 Å². The van der Waals surface area contributed by atoms with Crippen molar-refractivity contribution in [1.29, 1.82) is 0 Å². The van der Waals surface area contributed by atoms with E-state index in [-0.39, 0.29) is 23.3 Å². The van der Waals surface area contributed by atoms with Gasteiger partial charge in [0.15, 0.2) is 0 Å². The normalized spacial score (nSPS) is 12.7.